The highest BCUT2D eigenvalue weighted by atomic mass is 35.5. The Morgan fingerprint density at radius 3 is 2.39 bits per heavy atom. The fourth-order valence-electron chi connectivity index (χ4n) is 7.33. The van der Waals surface area contributed by atoms with E-state index in [0.717, 1.165) is 12.1 Å². The quantitative estimate of drug-likeness (QED) is 0.0980. The summed E-state index contributed by atoms with van der Waals surface area (Å²) >= 11 is 6.69. The molecular formula is C40H36ClF6N7O3. The topological polar surface area (TPSA) is 127 Å². The Hall–Kier alpha value is -5.40. The number of alkyl halides is 4. The zero-order valence-corrected chi connectivity index (χ0v) is 32.0. The number of hydrogen-bond donors (Lipinski definition) is 3. The maximum Gasteiger partial charge on any atom is 0.293 e. The van der Waals surface area contributed by atoms with Gasteiger partial charge in [-0.3, -0.25) is 19.0 Å². The highest BCUT2D eigenvalue weighted by Gasteiger charge is 2.67. The maximum atomic E-state index is 15.4. The van der Waals surface area contributed by atoms with E-state index in [9.17, 15) is 32.3 Å². The molecule has 0 radical (unpaired) electrons. The fraction of sp³-hybridized carbons (Fsp3) is 0.375. The van der Waals surface area contributed by atoms with Gasteiger partial charge in [-0.1, -0.05) is 37.4 Å². The molecule has 0 bridgehead atoms. The van der Waals surface area contributed by atoms with Crippen molar-refractivity contribution in [2.45, 2.75) is 77.0 Å². The second-order valence-electron chi connectivity index (χ2n) is 15.2. The molecule has 3 heterocycles. The third-order valence-electron chi connectivity index (χ3n) is 9.90. The number of aromatic nitrogens is 5. The first-order chi connectivity index (χ1) is 26.7. The van der Waals surface area contributed by atoms with Crippen molar-refractivity contribution in [2.75, 3.05) is 5.32 Å². The van der Waals surface area contributed by atoms with Gasteiger partial charge >= 0.3 is 0 Å². The lowest BCUT2D eigenvalue weighted by Gasteiger charge is -2.23. The number of carbonyl (C=O) groups excluding carboxylic acids is 2. The summed E-state index contributed by atoms with van der Waals surface area (Å²) in [5, 5.41) is 24.7. The largest absolute Gasteiger partial charge is 0.378 e. The predicted molar refractivity (Wildman–Crippen MR) is 198 cm³/mol. The van der Waals surface area contributed by atoms with Crippen LogP contribution < -0.4 is 10.6 Å². The molecule has 2 aliphatic carbocycles. The summed E-state index contributed by atoms with van der Waals surface area (Å²) in [6.07, 6.45) is -3.43. The molecule has 5 aromatic rings. The Morgan fingerprint density at radius 2 is 1.74 bits per heavy atom. The molecule has 2 aliphatic rings. The zero-order chi connectivity index (χ0) is 41.3. The number of amides is 2. The van der Waals surface area contributed by atoms with Crippen LogP contribution in [0.2, 0.25) is 5.02 Å². The lowest BCUT2D eigenvalue weighted by molar-refractivity contribution is -0.123. The average Bonchev–Trinajstić information content (AvgIpc) is 3.65. The summed E-state index contributed by atoms with van der Waals surface area (Å²) in [6, 6.07) is 7.87. The van der Waals surface area contributed by atoms with Crippen LogP contribution in [0.4, 0.5) is 32.2 Å². The molecule has 298 valence electrons. The van der Waals surface area contributed by atoms with Crippen molar-refractivity contribution in [1.29, 1.82) is 0 Å². The van der Waals surface area contributed by atoms with Crippen molar-refractivity contribution in [1.82, 2.24) is 29.9 Å². The summed E-state index contributed by atoms with van der Waals surface area (Å²) in [6.45, 7) is 5.43. The van der Waals surface area contributed by atoms with E-state index in [4.69, 9.17) is 16.6 Å². The Kier molecular flexibility index (Phi) is 10.1. The number of carbonyl (C=O) groups is 2. The molecule has 57 heavy (non-hydrogen) atoms. The van der Waals surface area contributed by atoms with E-state index >= 15 is 8.78 Å². The molecule has 3 aromatic heterocycles. The van der Waals surface area contributed by atoms with Gasteiger partial charge in [0.05, 0.1) is 27.7 Å². The first-order valence-corrected chi connectivity index (χ1v) is 18.4. The third-order valence-corrected chi connectivity index (χ3v) is 10.2. The Morgan fingerprint density at radius 1 is 1.05 bits per heavy atom. The molecule has 7 rings (SSSR count). The molecule has 17 heteroatoms. The molecule has 0 aliphatic heterocycles. The third kappa shape index (κ3) is 7.70. The van der Waals surface area contributed by atoms with E-state index in [2.05, 4.69) is 32.7 Å². The van der Waals surface area contributed by atoms with E-state index in [0.29, 0.717) is 32.8 Å². The second kappa shape index (κ2) is 14.5. The summed E-state index contributed by atoms with van der Waals surface area (Å²) in [7, 11) is 1.62. The van der Waals surface area contributed by atoms with Gasteiger partial charge in [0, 0.05) is 41.6 Å². The number of halogens is 7. The van der Waals surface area contributed by atoms with Crippen LogP contribution >= 0.6 is 11.6 Å². The number of nitrogens with one attached hydrogen (secondary N) is 2. The van der Waals surface area contributed by atoms with Crippen LogP contribution in [0, 0.1) is 35.3 Å². The number of anilines is 1. The fourth-order valence-corrected chi connectivity index (χ4v) is 7.57. The molecule has 1 fully saturated rings. The lowest BCUT2D eigenvalue weighted by atomic mass is 9.93. The first kappa shape index (κ1) is 39.8. The van der Waals surface area contributed by atoms with Crippen LogP contribution in [-0.4, -0.2) is 47.1 Å². The predicted octanol–water partition coefficient (Wildman–Crippen LogP) is 7.73. The summed E-state index contributed by atoms with van der Waals surface area (Å²) in [5.41, 5.74) is -1.75. The van der Waals surface area contributed by atoms with Crippen LogP contribution in [0.5, 0.6) is 0 Å². The van der Waals surface area contributed by atoms with Gasteiger partial charge in [0.1, 0.15) is 40.9 Å². The van der Waals surface area contributed by atoms with E-state index in [1.54, 1.807) is 45.2 Å². The Balaban J connectivity index is 1.38. The first-order valence-electron chi connectivity index (χ1n) is 18.0. The van der Waals surface area contributed by atoms with Crippen LogP contribution in [0.3, 0.4) is 0 Å². The number of fused-ring (bicyclic) bond motifs is 4. The molecule has 0 spiro atoms. The van der Waals surface area contributed by atoms with Crippen molar-refractivity contribution < 1.29 is 41.0 Å². The van der Waals surface area contributed by atoms with Crippen LogP contribution in [0.25, 0.3) is 22.0 Å². The van der Waals surface area contributed by atoms with Gasteiger partial charge in [0.15, 0.2) is 5.82 Å². The SMILES string of the molecule is CC(C)C(=O)Nc1nn(C)c2c(-c3ccc(C#CC(C)(C)O)nc3C(Cc3cc(F)cc(F)c3)NC(=O)Cn3nc(C(F)F)c4c3C(F)(F)C3CC43)ccc(Cl)c12. The molecule has 3 atom stereocenters. The van der Waals surface area contributed by atoms with E-state index in [-0.39, 0.29) is 52.1 Å². The highest BCUT2D eigenvalue weighted by Crippen LogP contribution is 2.68. The summed E-state index contributed by atoms with van der Waals surface area (Å²) < 4.78 is 90.1. The van der Waals surface area contributed by atoms with Crippen molar-refractivity contribution in [3.05, 3.63) is 93.0 Å². The van der Waals surface area contributed by atoms with Gasteiger partial charge < -0.3 is 15.7 Å². The monoisotopic (exact) mass is 811 g/mol. The number of benzene rings is 2. The molecule has 3 unspecified atom stereocenters. The molecule has 10 nitrogen and oxygen atoms in total. The highest BCUT2D eigenvalue weighted by molar-refractivity contribution is 6.37. The smallest absolute Gasteiger partial charge is 0.293 e. The Labute approximate surface area is 327 Å². The maximum absolute atomic E-state index is 15.4. The van der Waals surface area contributed by atoms with E-state index in [1.165, 1.54) is 18.5 Å². The summed E-state index contributed by atoms with van der Waals surface area (Å²) in [5.74, 6) is -3.28. The normalized spacial score (nSPS) is 17.3. The lowest BCUT2D eigenvalue weighted by Crippen LogP contribution is -2.35. The van der Waals surface area contributed by atoms with E-state index < -0.39 is 77.2 Å². The van der Waals surface area contributed by atoms with Gasteiger partial charge in [-0.15, -0.1) is 0 Å². The molecular weight excluding hydrogens is 776 g/mol. The molecule has 3 N–H and O–H groups in total. The van der Waals surface area contributed by atoms with Crippen molar-refractivity contribution in [3.63, 3.8) is 0 Å². The second-order valence-corrected chi connectivity index (χ2v) is 15.6. The number of rotatable bonds is 10. The standard InChI is InChI=1S/C40H36ClF6N7O3/c1-18(2)38(56)50-37-31-27(41)9-8-24(34(31)53(5)52-37)23-7-6-22(10-11-39(3,4)57)48-32(23)28(14-19-12-20(42)15-21(43)13-19)49-29(55)17-54-35-30(33(51-54)36(44)45)25-16-26(25)40(35,46)47/h6-9,12-13,15,18,25-26,28,36,57H,14,16-17H2,1-5H3,(H,49,55)(H,50,52,56). The van der Waals surface area contributed by atoms with Crippen LogP contribution in [-0.2, 0) is 35.5 Å². The number of aryl methyl sites for hydroxylation is 1. The minimum absolute atomic E-state index is 0.0330. The number of pyridine rings is 1. The van der Waals surface area contributed by atoms with Crippen molar-refractivity contribution >= 4 is 40.1 Å². The van der Waals surface area contributed by atoms with Crippen molar-refractivity contribution in [3.8, 4) is 23.0 Å². The van der Waals surface area contributed by atoms with Gasteiger partial charge in [-0.05, 0) is 74.4 Å². The average molecular weight is 812 g/mol. The zero-order valence-electron chi connectivity index (χ0n) is 31.2. The number of hydrogen-bond acceptors (Lipinski definition) is 6. The van der Waals surface area contributed by atoms with Crippen LogP contribution in [0.1, 0.15) is 86.4 Å². The van der Waals surface area contributed by atoms with Crippen LogP contribution in [0.15, 0.2) is 42.5 Å². The molecule has 0 saturated heterocycles. The minimum Gasteiger partial charge on any atom is -0.378 e. The molecule has 2 amide bonds. The number of aliphatic hydroxyl groups is 1. The van der Waals surface area contributed by atoms with Crippen molar-refractivity contribution in [2.24, 2.45) is 18.9 Å². The molecule has 2 aromatic carbocycles. The molecule has 1 saturated carbocycles. The van der Waals surface area contributed by atoms with Gasteiger partial charge in [0.2, 0.25) is 11.8 Å². The minimum atomic E-state index is -3.49. The van der Waals surface area contributed by atoms with Gasteiger partial charge in [-0.25, -0.2) is 22.5 Å². The van der Waals surface area contributed by atoms with Gasteiger partial charge in [-0.2, -0.15) is 19.0 Å². The number of nitrogens with zero attached hydrogens (tertiary/aromatic N) is 5. The van der Waals surface area contributed by atoms with Gasteiger partial charge in [0.25, 0.3) is 12.3 Å². The Bertz CT molecular complexity index is 2500. The van der Waals surface area contributed by atoms with E-state index in [1.807, 2.05) is 0 Å². The summed E-state index contributed by atoms with van der Waals surface area (Å²) in [4.78, 5) is 31.4.